The van der Waals surface area contributed by atoms with E-state index < -0.39 is 17.8 Å². The molecule has 7 heteroatoms. The Morgan fingerprint density at radius 3 is 2.10 bits per heavy atom. The maximum atomic E-state index is 11.7. The van der Waals surface area contributed by atoms with Crippen molar-refractivity contribution in [2.45, 2.75) is 59.2 Å². The van der Waals surface area contributed by atoms with Crippen LogP contribution in [0.1, 0.15) is 41.5 Å². The average Bonchev–Trinajstić information content (AvgIpc) is 2.25. The number of amides is 2. The maximum Gasteiger partial charge on any atom is 0.407 e. The zero-order chi connectivity index (χ0) is 16.6. The molecule has 2 atom stereocenters. The van der Waals surface area contributed by atoms with E-state index in [2.05, 4.69) is 10.6 Å². The van der Waals surface area contributed by atoms with Crippen LogP contribution in [0, 0.1) is 5.92 Å². The van der Waals surface area contributed by atoms with E-state index in [4.69, 9.17) is 15.2 Å². The van der Waals surface area contributed by atoms with Gasteiger partial charge in [-0.2, -0.15) is 0 Å². The zero-order valence-corrected chi connectivity index (χ0v) is 13.9. The van der Waals surface area contributed by atoms with Crippen LogP contribution in [-0.2, 0) is 9.47 Å². The molecule has 7 nitrogen and oxygen atoms in total. The topological polar surface area (TPSA) is 103 Å². The van der Waals surface area contributed by atoms with Crippen LogP contribution in [0.5, 0.6) is 0 Å². The van der Waals surface area contributed by atoms with E-state index in [1.807, 2.05) is 13.8 Å². The molecule has 0 fully saturated rings. The Bertz CT molecular complexity index is 340. The van der Waals surface area contributed by atoms with Crippen molar-refractivity contribution in [3.05, 3.63) is 0 Å². The first-order valence-electron chi connectivity index (χ1n) is 7.18. The summed E-state index contributed by atoms with van der Waals surface area (Å²) >= 11 is 0. The number of carbonyl (C=O) groups excluding carboxylic acids is 2. The molecule has 0 aliphatic rings. The summed E-state index contributed by atoms with van der Waals surface area (Å²) in [5.41, 5.74) is 5.10. The smallest absolute Gasteiger partial charge is 0.407 e. The van der Waals surface area contributed by atoms with Crippen molar-refractivity contribution < 1.29 is 19.1 Å². The van der Waals surface area contributed by atoms with Crippen molar-refractivity contribution in [2.75, 3.05) is 13.2 Å². The molecular formula is C14H29N3O4. The molecule has 2 amide bonds. The second-order valence-electron chi connectivity index (χ2n) is 6.33. The van der Waals surface area contributed by atoms with E-state index in [0.717, 1.165) is 0 Å². The van der Waals surface area contributed by atoms with Crippen molar-refractivity contribution in [3.63, 3.8) is 0 Å². The van der Waals surface area contributed by atoms with E-state index >= 15 is 0 Å². The molecule has 0 rings (SSSR count). The van der Waals surface area contributed by atoms with Crippen molar-refractivity contribution >= 4 is 12.2 Å². The average molecular weight is 303 g/mol. The highest BCUT2D eigenvalue weighted by molar-refractivity contribution is 5.68. The van der Waals surface area contributed by atoms with Crippen LogP contribution < -0.4 is 16.4 Å². The normalized spacial score (nSPS) is 14.3. The molecule has 0 aromatic heterocycles. The minimum atomic E-state index is -0.560. The number of nitrogens with one attached hydrogen (secondary N) is 2. The molecule has 0 radical (unpaired) electrons. The first-order valence-corrected chi connectivity index (χ1v) is 7.18. The summed E-state index contributed by atoms with van der Waals surface area (Å²) < 4.78 is 10.3. The number of rotatable bonds is 6. The molecule has 4 N–H and O–H groups in total. The maximum absolute atomic E-state index is 11.7. The largest absolute Gasteiger partial charge is 0.449 e. The summed E-state index contributed by atoms with van der Waals surface area (Å²) in [7, 11) is 0. The summed E-state index contributed by atoms with van der Waals surface area (Å²) in [6.07, 6.45) is -1.01. The highest BCUT2D eigenvalue weighted by Crippen LogP contribution is 2.09. The SMILES string of the molecule is CC(C)NC(=O)OCC(CN)C(C)NC(=O)OC(C)(C)C. The molecule has 0 aliphatic heterocycles. The van der Waals surface area contributed by atoms with Gasteiger partial charge in [-0.05, 0) is 41.5 Å². The Balaban J connectivity index is 4.27. The van der Waals surface area contributed by atoms with Gasteiger partial charge in [-0.1, -0.05) is 0 Å². The number of ether oxygens (including phenoxy) is 2. The molecule has 2 unspecified atom stereocenters. The number of hydrogen-bond acceptors (Lipinski definition) is 5. The van der Waals surface area contributed by atoms with Gasteiger partial charge in [-0.3, -0.25) is 0 Å². The van der Waals surface area contributed by atoms with Gasteiger partial charge in [0.15, 0.2) is 0 Å². The number of alkyl carbamates (subject to hydrolysis) is 2. The molecular weight excluding hydrogens is 274 g/mol. The molecule has 21 heavy (non-hydrogen) atoms. The lowest BCUT2D eigenvalue weighted by Gasteiger charge is -2.26. The molecule has 0 aliphatic carbocycles. The number of hydrogen-bond donors (Lipinski definition) is 3. The van der Waals surface area contributed by atoms with Gasteiger partial charge < -0.3 is 25.8 Å². The summed E-state index contributed by atoms with van der Waals surface area (Å²) in [6, 6.07) is -0.261. The molecule has 0 bridgehead atoms. The fourth-order valence-corrected chi connectivity index (χ4v) is 1.49. The van der Waals surface area contributed by atoms with Crippen LogP contribution in [-0.4, -0.2) is 43.0 Å². The molecule has 0 saturated heterocycles. The quantitative estimate of drug-likeness (QED) is 0.691. The molecule has 0 spiro atoms. The molecule has 0 aromatic rings. The van der Waals surface area contributed by atoms with Gasteiger partial charge in [0.25, 0.3) is 0 Å². The van der Waals surface area contributed by atoms with Crippen LogP contribution in [0.15, 0.2) is 0 Å². The monoisotopic (exact) mass is 303 g/mol. The van der Waals surface area contributed by atoms with E-state index in [-0.39, 0.29) is 31.2 Å². The molecule has 0 heterocycles. The van der Waals surface area contributed by atoms with Crippen molar-refractivity contribution in [1.29, 1.82) is 0 Å². The first kappa shape index (κ1) is 19.5. The van der Waals surface area contributed by atoms with Crippen molar-refractivity contribution in [2.24, 2.45) is 11.7 Å². The van der Waals surface area contributed by atoms with E-state index in [9.17, 15) is 9.59 Å². The molecule has 124 valence electrons. The Hall–Kier alpha value is -1.50. The van der Waals surface area contributed by atoms with Crippen LogP contribution in [0.2, 0.25) is 0 Å². The molecule has 0 aromatic carbocycles. The van der Waals surface area contributed by atoms with Gasteiger partial charge in [0, 0.05) is 24.5 Å². The summed E-state index contributed by atoms with van der Waals surface area (Å²) in [5.74, 6) is -0.185. The third kappa shape index (κ3) is 9.95. The Morgan fingerprint density at radius 1 is 1.10 bits per heavy atom. The fraction of sp³-hybridized carbons (Fsp3) is 0.857. The third-order valence-corrected chi connectivity index (χ3v) is 2.59. The lowest BCUT2D eigenvalue weighted by molar-refractivity contribution is 0.0475. The van der Waals surface area contributed by atoms with Crippen LogP contribution in [0.25, 0.3) is 0 Å². The van der Waals surface area contributed by atoms with Gasteiger partial charge in [-0.25, -0.2) is 9.59 Å². The fourth-order valence-electron chi connectivity index (χ4n) is 1.49. The highest BCUT2D eigenvalue weighted by atomic mass is 16.6. The third-order valence-electron chi connectivity index (χ3n) is 2.59. The van der Waals surface area contributed by atoms with Gasteiger partial charge >= 0.3 is 12.2 Å². The molecule has 0 saturated carbocycles. The minimum absolute atomic E-state index is 0.00568. The van der Waals surface area contributed by atoms with Crippen LogP contribution in [0.3, 0.4) is 0 Å². The summed E-state index contributed by atoms with van der Waals surface area (Å²) in [6.45, 7) is 11.3. The van der Waals surface area contributed by atoms with Crippen molar-refractivity contribution in [1.82, 2.24) is 10.6 Å². The van der Waals surface area contributed by atoms with Crippen LogP contribution in [0.4, 0.5) is 9.59 Å². The predicted molar refractivity (Wildman–Crippen MR) is 81.0 cm³/mol. The first-order chi connectivity index (χ1) is 9.55. The Labute approximate surface area is 126 Å². The summed E-state index contributed by atoms with van der Waals surface area (Å²) in [5, 5.41) is 5.32. The second kappa shape index (κ2) is 8.71. The van der Waals surface area contributed by atoms with Crippen molar-refractivity contribution in [3.8, 4) is 0 Å². The summed E-state index contributed by atoms with van der Waals surface area (Å²) in [4.78, 5) is 23.1. The number of carbonyl (C=O) groups is 2. The minimum Gasteiger partial charge on any atom is -0.449 e. The highest BCUT2D eigenvalue weighted by Gasteiger charge is 2.23. The second-order valence-corrected chi connectivity index (χ2v) is 6.33. The lowest BCUT2D eigenvalue weighted by atomic mass is 10.0. The van der Waals surface area contributed by atoms with Gasteiger partial charge in [0.2, 0.25) is 0 Å². The van der Waals surface area contributed by atoms with Crippen LogP contribution >= 0.6 is 0 Å². The van der Waals surface area contributed by atoms with Gasteiger partial charge in [-0.15, -0.1) is 0 Å². The van der Waals surface area contributed by atoms with E-state index in [1.54, 1.807) is 27.7 Å². The van der Waals surface area contributed by atoms with E-state index in [0.29, 0.717) is 0 Å². The standard InChI is InChI=1S/C14H29N3O4/c1-9(2)16-12(18)20-8-11(7-15)10(3)17-13(19)21-14(4,5)6/h9-11H,7-8,15H2,1-6H3,(H,16,18)(H,17,19). The van der Waals surface area contributed by atoms with E-state index in [1.165, 1.54) is 0 Å². The Morgan fingerprint density at radius 2 is 1.67 bits per heavy atom. The Kier molecular flexibility index (Phi) is 8.09. The predicted octanol–water partition coefficient (Wildman–Crippen LogP) is 1.61. The van der Waals surface area contributed by atoms with Gasteiger partial charge in [0.1, 0.15) is 5.60 Å². The zero-order valence-electron chi connectivity index (χ0n) is 13.9. The van der Waals surface area contributed by atoms with Gasteiger partial charge in [0.05, 0.1) is 6.61 Å². The lowest BCUT2D eigenvalue weighted by Crippen LogP contribution is -2.45. The number of nitrogens with two attached hydrogens (primary N) is 1.